The van der Waals surface area contributed by atoms with E-state index in [0.717, 1.165) is 38.5 Å². The Balaban J connectivity index is 1.57. The highest BCUT2D eigenvalue weighted by molar-refractivity contribution is 5.76. The van der Waals surface area contributed by atoms with Crippen LogP contribution < -0.4 is 5.32 Å². The molecule has 0 aromatic rings. The standard InChI is InChI=1S/C51H93NO18/c1-3-5-7-9-11-13-15-16-17-18-19-20-22-24-26-28-35(56)34(52-39(57)29-27-25-23-21-14-12-10-8-6-4-2)33-65-49-45(63)42(60)47(37(31-54)67-49)70-51-46(64)43(61)48(38(32-55)68-51)69-50-44(62)41(59)40(58)36(30-53)66-50/h19-20,26,28,34-38,40-51,53-56,58-64H,3-18,21-25,27,29-33H2,1-2H3,(H,52,57)/b20-19+,28-26+. The average molecular weight is 1010 g/mol. The van der Waals surface area contributed by atoms with E-state index in [9.17, 15) is 61.0 Å². The zero-order valence-corrected chi connectivity index (χ0v) is 42.0. The van der Waals surface area contributed by atoms with Crippen LogP contribution in [0.3, 0.4) is 0 Å². The highest BCUT2D eigenvalue weighted by Gasteiger charge is 2.53. The normalized spacial score (nSPS) is 32.7. The van der Waals surface area contributed by atoms with Gasteiger partial charge in [0, 0.05) is 6.42 Å². The fourth-order valence-electron chi connectivity index (χ4n) is 9.03. The number of carbonyl (C=O) groups excluding carboxylic acids is 1. The van der Waals surface area contributed by atoms with Gasteiger partial charge in [-0.25, -0.2) is 0 Å². The largest absolute Gasteiger partial charge is 0.394 e. The topological polar surface area (TPSA) is 307 Å². The van der Waals surface area contributed by atoms with Gasteiger partial charge in [0.25, 0.3) is 0 Å². The Bertz CT molecular complexity index is 1390. The van der Waals surface area contributed by atoms with Crippen molar-refractivity contribution in [2.45, 2.75) is 266 Å². The van der Waals surface area contributed by atoms with Gasteiger partial charge in [0.05, 0.1) is 38.6 Å². The van der Waals surface area contributed by atoms with Gasteiger partial charge >= 0.3 is 0 Å². The molecule has 3 aliphatic heterocycles. The zero-order chi connectivity index (χ0) is 51.3. The Morgan fingerprint density at radius 1 is 0.500 bits per heavy atom. The predicted molar refractivity (Wildman–Crippen MR) is 259 cm³/mol. The molecule has 3 fully saturated rings. The summed E-state index contributed by atoms with van der Waals surface area (Å²) < 4.78 is 34.1. The van der Waals surface area contributed by atoms with E-state index in [1.165, 1.54) is 89.9 Å². The molecular formula is C51H93NO18. The summed E-state index contributed by atoms with van der Waals surface area (Å²) in [6, 6.07) is -0.982. The van der Waals surface area contributed by atoms with E-state index in [-0.39, 0.29) is 18.9 Å². The van der Waals surface area contributed by atoms with Crippen molar-refractivity contribution < 1.29 is 89.4 Å². The highest BCUT2D eigenvalue weighted by Crippen LogP contribution is 2.33. The first-order valence-corrected chi connectivity index (χ1v) is 26.6. The molecule has 17 atom stereocenters. The number of amides is 1. The summed E-state index contributed by atoms with van der Waals surface area (Å²) in [5.41, 5.74) is 0. The van der Waals surface area contributed by atoms with Crippen LogP contribution in [-0.4, -0.2) is 193 Å². The van der Waals surface area contributed by atoms with E-state index in [4.69, 9.17) is 28.4 Å². The highest BCUT2D eigenvalue weighted by atomic mass is 16.8. The molecule has 3 rings (SSSR count). The van der Waals surface area contributed by atoms with Crippen LogP contribution in [-0.2, 0) is 33.2 Å². The summed E-state index contributed by atoms with van der Waals surface area (Å²) in [5.74, 6) is -0.290. The van der Waals surface area contributed by atoms with E-state index < -0.39 is 124 Å². The number of rotatable bonds is 37. The van der Waals surface area contributed by atoms with Crippen molar-refractivity contribution in [3.05, 3.63) is 24.3 Å². The molecule has 19 heteroatoms. The van der Waals surface area contributed by atoms with Crippen LogP contribution in [0.5, 0.6) is 0 Å². The van der Waals surface area contributed by atoms with Crippen molar-refractivity contribution >= 4 is 5.91 Å². The molecule has 0 aromatic carbocycles. The summed E-state index contributed by atoms with van der Waals surface area (Å²) in [6.45, 7) is 1.65. The smallest absolute Gasteiger partial charge is 0.220 e. The number of aliphatic hydroxyl groups excluding tert-OH is 11. The molecule has 0 spiro atoms. The lowest BCUT2D eigenvalue weighted by Gasteiger charge is -2.48. The molecule has 410 valence electrons. The quantitative estimate of drug-likeness (QED) is 0.0314. The van der Waals surface area contributed by atoms with Crippen molar-refractivity contribution in [1.82, 2.24) is 5.32 Å². The number of allylic oxidation sites excluding steroid dienone is 3. The average Bonchev–Trinajstić information content (AvgIpc) is 3.35. The third-order valence-corrected chi connectivity index (χ3v) is 13.5. The second-order valence-electron chi connectivity index (χ2n) is 19.3. The minimum Gasteiger partial charge on any atom is -0.394 e. The number of hydrogen-bond donors (Lipinski definition) is 12. The van der Waals surface area contributed by atoms with Gasteiger partial charge in [-0.1, -0.05) is 147 Å². The minimum absolute atomic E-state index is 0.238. The Hall–Kier alpha value is -1.73. The van der Waals surface area contributed by atoms with Crippen LogP contribution in [0.4, 0.5) is 0 Å². The molecule has 70 heavy (non-hydrogen) atoms. The lowest BCUT2D eigenvalue weighted by molar-refractivity contribution is -0.379. The molecule has 3 aliphatic rings. The van der Waals surface area contributed by atoms with E-state index in [1.54, 1.807) is 6.08 Å². The molecule has 12 N–H and O–H groups in total. The first-order valence-electron chi connectivity index (χ1n) is 26.6. The number of hydrogen-bond acceptors (Lipinski definition) is 18. The van der Waals surface area contributed by atoms with E-state index in [2.05, 4.69) is 31.3 Å². The third-order valence-electron chi connectivity index (χ3n) is 13.5. The van der Waals surface area contributed by atoms with Crippen molar-refractivity contribution in [1.29, 1.82) is 0 Å². The van der Waals surface area contributed by atoms with E-state index >= 15 is 0 Å². The number of unbranched alkanes of at least 4 members (excludes halogenated alkanes) is 19. The number of aliphatic hydroxyl groups is 11. The molecule has 0 aromatic heterocycles. The molecule has 3 saturated heterocycles. The first-order chi connectivity index (χ1) is 33.8. The van der Waals surface area contributed by atoms with Crippen LogP contribution in [0.2, 0.25) is 0 Å². The summed E-state index contributed by atoms with van der Waals surface area (Å²) in [6.07, 6.45) is 6.17. The van der Waals surface area contributed by atoms with Gasteiger partial charge < -0.3 is 89.9 Å². The van der Waals surface area contributed by atoms with Crippen LogP contribution in [0, 0.1) is 0 Å². The molecule has 17 unspecified atom stereocenters. The number of carbonyl (C=O) groups is 1. The fraction of sp³-hybridized carbons (Fsp3) is 0.902. The predicted octanol–water partition coefficient (Wildman–Crippen LogP) is 2.42. The minimum atomic E-state index is -1.98. The maximum absolute atomic E-state index is 13.2. The third kappa shape index (κ3) is 21.6. The first kappa shape index (κ1) is 62.6. The van der Waals surface area contributed by atoms with Gasteiger partial charge in [-0.15, -0.1) is 0 Å². The van der Waals surface area contributed by atoms with Crippen molar-refractivity contribution in [3.8, 4) is 0 Å². The number of ether oxygens (including phenoxy) is 6. The van der Waals surface area contributed by atoms with Gasteiger partial charge in [0.2, 0.25) is 5.91 Å². The van der Waals surface area contributed by atoms with E-state index in [0.29, 0.717) is 12.8 Å². The van der Waals surface area contributed by atoms with Crippen molar-refractivity contribution in [2.24, 2.45) is 0 Å². The van der Waals surface area contributed by atoms with Crippen LogP contribution in [0.1, 0.15) is 162 Å². The maximum Gasteiger partial charge on any atom is 0.220 e. The second kappa shape index (κ2) is 36.3. The van der Waals surface area contributed by atoms with Gasteiger partial charge in [-0.3, -0.25) is 4.79 Å². The maximum atomic E-state index is 13.2. The zero-order valence-electron chi connectivity index (χ0n) is 42.0. The number of nitrogens with one attached hydrogen (secondary N) is 1. The van der Waals surface area contributed by atoms with Crippen molar-refractivity contribution in [3.63, 3.8) is 0 Å². The summed E-state index contributed by atoms with van der Waals surface area (Å²) in [4.78, 5) is 13.2. The van der Waals surface area contributed by atoms with Gasteiger partial charge in [-0.2, -0.15) is 0 Å². The molecule has 0 saturated carbocycles. The SMILES string of the molecule is CCCCCCCCCCC/C=C/CC/C=C/C(O)C(COC1OC(CO)C(OC2OC(CO)C(OC3OC(CO)C(O)C(O)C3O)C(O)C2O)C(O)C1O)NC(=O)CCCCCCCCCCCC. The fourth-order valence-corrected chi connectivity index (χ4v) is 9.03. The monoisotopic (exact) mass is 1010 g/mol. The van der Waals surface area contributed by atoms with Crippen LogP contribution in [0.25, 0.3) is 0 Å². The Kier molecular flexibility index (Phi) is 32.4. The van der Waals surface area contributed by atoms with Crippen LogP contribution >= 0.6 is 0 Å². The molecule has 1 amide bonds. The molecule has 19 nitrogen and oxygen atoms in total. The summed E-state index contributed by atoms with van der Waals surface area (Å²) in [5, 5.41) is 120. The summed E-state index contributed by atoms with van der Waals surface area (Å²) in [7, 11) is 0. The Labute approximate surface area is 416 Å². The second-order valence-corrected chi connectivity index (χ2v) is 19.3. The Morgan fingerprint density at radius 3 is 1.43 bits per heavy atom. The molecule has 0 radical (unpaired) electrons. The molecular weight excluding hydrogens is 915 g/mol. The Morgan fingerprint density at radius 2 is 0.914 bits per heavy atom. The molecule has 0 bridgehead atoms. The van der Waals surface area contributed by atoms with Crippen molar-refractivity contribution in [2.75, 3.05) is 26.4 Å². The molecule has 0 aliphatic carbocycles. The lowest BCUT2D eigenvalue weighted by Crippen LogP contribution is -2.66. The summed E-state index contributed by atoms with van der Waals surface area (Å²) >= 11 is 0. The van der Waals surface area contributed by atoms with Gasteiger partial charge in [0.1, 0.15) is 73.2 Å². The molecule has 3 heterocycles. The van der Waals surface area contributed by atoms with E-state index in [1.807, 2.05) is 6.08 Å². The lowest BCUT2D eigenvalue weighted by atomic mass is 9.96. The van der Waals surface area contributed by atoms with Gasteiger partial charge in [0.15, 0.2) is 18.9 Å². The van der Waals surface area contributed by atoms with Gasteiger partial charge in [-0.05, 0) is 32.1 Å². The van der Waals surface area contributed by atoms with Crippen LogP contribution in [0.15, 0.2) is 24.3 Å².